The zero-order chi connectivity index (χ0) is 43.6. The molecule has 0 saturated heterocycles. The molecule has 0 saturated carbocycles. The Morgan fingerprint density at radius 1 is 0.219 bits per heavy atom. The Morgan fingerprint density at radius 3 is 0.547 bits per heavy atom. The molecular weight excluding hydrogens is 894 g/mol. The van der Waals surface area contributed by atoms with Crippen molar-refractivity contribution < 1.29 is 0 Å². The van der Waals surface area contributed by atoms with Crippen LogP contribution in [-0.4, -0.2) is 25.7 Å². The number of hydrogen-bond acceptors (Lipinski definition) is 6. The fraction of sp³-hybridized carbons (Fsp3) is 0.0769. The van der Waals surface area contributed by atoms with E-state index in [0.29, 0.717) is 0 Å². The average molecular weight is 945 g/mol. The first-order valence-corrected chi connectivity index (χ1v) is 32.9. The van der Waals surface area contributed by atoms with E-state index >= 15 is 0 Å². The van der Waals surface area contributed by atoms with E-state index in [-0.39, 0.29) is 0 Å². The molecule has 0 aromatic heterocycles. The van der Waals surface area contributed by atoms with Gasteiger partial charge in [-0.25, -0.2) is 27.1 Å². The maximum atomic E-state index is 6.21. The summed E-state index contributed by atoms with van der Waals surface area (Å²) < 4.78 is 37.2. The summed E-state index contributed by atoms with van der Waals surface area (Å²) >= 11 is 0. The van der Waals surface area contributed by atoms with Crippen LogP contribution in [0.3, 0.4) is 0 Å². The van der Waals surface area contributed by atoms with Crippen molar-refractivity contribution in [2.45, 2.75) is 0 Å². The second kappa shape index (κ2) is 17.8. The van der Waals surface area contributed by atoms with Crippen LogP contribution in [0.4, 0.5) is 0 Å². The first-order chi connectivity index (χ1) is 31.3. The minimum atomic E-state index is -2.80. The molecule has 12 heteroatoms. The highest BCUT2D eigenvalue weighted by molar-refractivity contribution is 7.98. The molecule has 2 aliphatic heterocycles. The summed E-state index contributed by atoms with van der Waals surface area (Å²) in [6.45, 7) is 4.74. The van der Waals surface area contributed by atoms with Crippen LogP contribution in [0, 0.1) is 0 Å². The minimum Gasteiger partial charge on any atom is -0.232 e. The van der Waals surface area contributed by atoms with Crippen molar-refractivity contribution in [2.24, 2.45) is 27.1 Å². The molecular formula is C52H50N6P6. The molecule has 0 amide bonds. The van der Waals surface area contributed by atoms with Gasteiger partial charge in [-0.2, -0.15) is 0 Å². The van der Waals surface area contributed by atoms with E-state index < -0.39 is 43.2 Å². The first kappa shape index (κ1) is 43.1. The van der Waals surface area contributed by atoms with Crippen molar-refractivity contribution in [2.75, 3.05) is 25.7 Å². The van der Waals surface area contributed by atoms with E-state index in [1.807, 2.05) is 0 Å². The van der Waals surface area contributed by atoms with Crippen molar-refractivity contribution in [3.63, 3.8) is 0 Å². The average Bonchev–Trinajstić information content (AvgIpc) is 3.37. The van der Waals surface area contributed by atoms with Gasteiger partial charge in [0.1, 0.15) is 28.8 Å². The monoisotopic (exact) mass is 944 g/mol. The molecule has 8 aromatic carbocycles. The van der Waals surface area contributed by atoms with Gasteiger partial charge in [0.2, 0.25) is 0 Å². The molecule has 8 aromatic rings. The summed E-state index contributed by atoms with van der Waals surface area (Å²) in [4.78, 5) is 0. The Kier molecular flexibility index (Phi) is 12.0. The lowest BCUT2D eigenvalue weighted by molar-refractivity contribution is 1.41. The normalized spacial score (nSPS) is 21.2. The second-order valence-corrected chi connectivity index (χ2v) is 34.7. The highest BCUT2D eigenvalue weighted by Gasteiger charge is 2.42. The van der Waals surface area contributed by atoms with Crippen molar-refractivity contribution >= 4 is 85.7 Å². The lowest BCUT2D eigenvalue weighted by atomic mass is 10.4. The third-order valence-corrected chi connectivity index (χ3v) is 36.8. The van der Waals surface area contributed by atoms with Gasteiger partial charge in [-0.15, -0.1) is 0 Å². The molecule has 0 radical (unpaired) electrons. The van der Waals surface area contributed by atoms with Gasteiger partial charge in [0.25, 0.3) is 0 Å². The third-order valence-electron chi connectivity index (χ3n) is 11.7. The fourth-order valence-corrected chi connectivity index (χ4v) is 40.3. The van der Waals surface area contributed by atoms with Gasteiger partial charge in [0, 0.05) is 54.8 Å². The van der Waals surface area contributed by atoms with Crippen LogP contribution in [0.1, 0.15) is 0 Å². The van der Waals surface area contributed by atoms with Crippen LogP contribution in [0.25, 0.3) is 0 Å². The Morgan fingerprint density at radius 2 is 0.375 bits per heavy atom. The Balaban J connectivity index is 1.29. The smallest absolute Gasteiger partial charge is 0.137 e. The van der Waals surface area contributed by atoms with E-state index in [1.54, 1.807) is 0 Å². The predicted octanol–water partition coefficient (Wildman–Crippen LogP) is 13.6. The molecule has 2 unspecified atom stereocenters. The maximum absolute atomic E-state index is 6.21. The van der Waals surface area contributed by atoms with E-state index in [0.717, 1.165) is 54.8 Å². The van der Waals surface area contributed by atoms with Crippen LogP contribution in [0.2, 0.25) is 0 Å². The van der Waals surface area contributed by atoms with Gasteiger partial charge >= 0.3 is 0 Å². The summed E-state index contributed by atoms with van der Waals surface area (Å²) in [6, 6.07) is 86.9. The largest absolute Gasteiger partial charge is 0.232 e. The summed E-state index contributed by atoms with van der Waals surface area (Å²) in [5, 5.41) is 9.23. The van der Waals surface area contributed by atoms with Crippen molar-refractivity contribution in [3.8, 4) is 0 Å². The number of nitrogens with zero attached hydrogens (tertiary/aromatic N) is 6. The van der Waals surface area contributed by atoms with Crippen LogP contribution in [0.15, 0.2) is 270 Å². The van der Waals surface area contributed by atoms with Crippen LogP contribution in [0.5, 0.6) is 0 Å². The van der Waals surface area contributed by atoms with E-state index in [4.69, 9.17) is 27.1 Å². The van der Waals surface area contributed by atoms with Gasteiger partial charge in [-0.3, -0.25) is 0 Å². The van der Waals surface area contributed by atoms with Crippen molar-refractivity contribution in [1.82, 2.24) is 0 Å². The van der Waals surface area contributed by atoms with Crippen LogP contribution < -0.4 is 42.4 Å². The Bertz CT molecular complexity index is 2710. The van der Waals surface area contributed by atoms with Gasteiger partial charge in [-0.05, 0) is 13.3 Å². The summed E-state index contributed by atoms with van der Waals surface area (Å²) in [5.41, 5.74) is 0. The third kappa shape index (κ3) is 7.99. The molecule has 0 aliphatic carbocycles. The predicted molar refractivity (Wildman–Crippen MR) is 286 cm³/mol. The molecule has 0 fully saturated rings. The van der Waals surface area contributed by atoms with Crippen LogP contribution in [-0.2, 0) is 0 Å². The molecule has 0 N–H and O–H groups in total. The molecule has 2 atom stereocenters. The molecule has 10 rings (SSSR count). The second-order valence-electron chi connectivity index (χ2n) is 16.3. The van der Waals surface area contributed by atoms with Gasteiger partial charge < -0.3 is 0 Å². The lowest BCUT2D eigenvalue weighted by Crippen LogP contribution is -2.22. The summed E-state index contributed by atoms with van der Waals surface area (Å²) in [5.74, 6) is 0. The number of rotatable bonds is 11. The van der Waals surface area contributed by atoms with E-state index in [1.165, 1.54) is 0 Å². The molecule has 64 heavy (non-hydrogen) atoms. The minimum absolute atomic E-state index is 0.746. The molecule has 318 valence electrons. The van der Waals surface area contributed by atoms with E-state index in [9.17, 15) is 0 Å². The Hall–Kier alpha value is -4.86. The van der Waals surface area contributed by atoms with Gasteiger partial charge in [-0.1, -0.05) is 243 Å². The summed E-state index contributed by atoms with van der Waals surface area (Å²) in [7, 11) is -16.4. The maximum Gasteiger partial charge on any atom is 0.137 e. The highest BCUT2D eigenvalue weighted by atomic mass is 31.3. The topological polar surface area (TPSA) is 74.2 Å². The highest BCUT2D eigenvalue weighted by Crippen LogP contribution is 2.79. The van der Waals surface area contributed by atoms with Crippen LogP contribution >= 0.6 is 43.2 Å². The van der Waals surface area contributed by atoms with Gasteiger partial charge in [0.05, 0.1) is 14.4 Å². The molecule has 2 heterocycles. The number of hydrogen-bond donors (Lipinski definition) is 0. The fourth-order valence-electron chi connectivity index (χ4n) is 8.66. The zero-order valence-corrected chi connectivity index (χ0v) is 41.2. The molecule has 0 bridgehead atoms. The standard InChI is InChI=1S/C52H50N6P6/c1-59(53-61(45-27-11-3-12-28-45,46-29-13-4-14-30-46)57-62(54-59,47-31-15-5-16-32-47)48-33-17-6-18-34-48)43-44-60(2)55-63(49-35-19-7-20-36-49,50-37-21-8-22-38-50)58-64(56-60,51-39-23-9-24-40-51)52-41-25-10-26-42-52/h3-42H,43-44H2,1-2H3. The lowest BCUT2D eigenvalue weighted by Gasteiger charge is -2.39. The van der Waals surface area contributed by atoms with E-state index in [2.05, 4.69) is 256 Å². The molecule has 2 aliphatic rings. The van der Waals surface area contributed by atoms with Gasteiger partial charge in [0.15, 0.2) is 0 Å². The number of benzene rings is 8. The van der Waals surface area contributed by atoms with Crippen molar-refractivity contribution in [3.05, 3.63) is 243 Å². The quantitative estimate of drug-likeness (QED) is 0.116. The van der Waals surface area contributed by atoms with Crippen molar-refractivity contribution in [1.29, 1.82) is 0 Å². The molecule has 6 nitrogen and oxygen atoms in total. The SMILES string of the molecule is CP1(CCP2(C)=NP(c3ccccc3)(c3ccccc3)=NP(c3ccccc3)(c3ccccc3)=N2)=NP(c2ccccc2)(c2ccccc2)=NP(c2ccccc2)(c2ccccc2)=N1. The summed E-state index contributed by atoms with van der Waals surface area (Å²) in [6.07, 6.45) is 1.49. The first-order valence-electron chi connectivity index (χ1n) is 21.5. The zero-order valence-electron chi connectivity index (χ0n) is 35.9. The Labute approximate surface area is 379 Å². The molecule has 0 spiro atoms.